The maximum absolute atomic E-state index is 11.8. The van der Waals surface area contributed by atoms with Crippen molar-refractivity contribution in [3.8, 4) is 5.75 Å². The molecule has 4 N–H and O–H groups in total. The minimum atomic E-state index is -4.35. The molecule has 2 aromatic carbocycles. The van der Waals surface area contributed by atoms with Gasteiger partial charge in [0.25, 0.3) is 0 Å². The van der Waals surface area contributed by atoms with Gasteiger partial charge in [-0.25, -0.2) is 0 Å². The Kier molecular flexibility index (Phi) is 9.38. The van der Waals surface area contributed by atoms with E-state index in [0.717, 1.165) is 6.42 Å². The van der Waals surface area contributed by atoms with E-state index in [2.05, 4.69) is 5.32 Å². The third-order valence-electron chi connectivity index (χ3n) is 3.08. The van der Waals surface area contributed by atoms with E-state index in [1.54, 1.807) is 62.4 Å². The van der Waals surface area contributed by atoms with E-state index < -0.39 is 13.4 Å². The molecule has 1 atom stereocenters. The lowest BCUT2D eigenvalue weighted by molar-refractivity contribution is 0.216. The number of nitrogens with one attached hydrogen (secondary N) is 1. The second-order valence-electron chi connectivity index (χ2n) is 6.01. The monoisotopic (exact) mass is 381 g/mol. The molecule has 0 bridgehead atoms. The summed E-state index contributed by atoms with van der Waals surface area (Å²) in [5.41, 5.74) is 1.17. The molecule has 144 valence electrons. The molecule has 2 aromatic rings. The van der Waals surface area contributed by atoms with Gasteiger partial charge < -0.3 is 24.9 Å². The molecule has 0 spiro atoms. The van der Waals surface area contributed by atoms with Crippen LogP contribution in [-0.2, 0) is 4.57 Å². The quantitative estimate of drug-likeness (QED) is 0.538. The zero-order valence-corrected chi connectivity index (χ0v) is 16.3. The van der Waals surface area contributed by atoms with Crippen LogP contribution in [0.3, 0.4) is 0 Å². The Bertz CT molecular complexity index is 667. The van der Waals surface area contributed by atoms with Crippen LogP contribution >= 0.6 is 7.60 Å². The third-order valence-corrected chi connectivity index (χ3v) is 4.18. The highest BCUT2D eigenvalue weighted by Gasteiger charge is 2.30. The first kappa shape index (κ1) is 22.2. The zero-order chi connectivity index (χ0) is 19.6. The summed E-state index contributed by atoms with van der Waals surface area (Å²) in [6, 6.07) is 15.8. The van der Waals surface area contributed by atoms with Gasteiger partial charge in [-0.15, -0.1) is 0 Å². The molecule has 0 aliphatic rings. The van der Waals surface area contributed by atoms with Crippen LogP contribution in [0.4, 0.5) is 5.69 Å². The molecule has 0 saturated heterocycles. The van der Waals surface area contributed by atoms with E-state index in [0.29, 0.717) is 23.6 Å². The molecule has 0 aliphatic carbocycles. The molecule has 0 radical (unpaired) electrons. The lowest BCUT2D eigenvalue weighted by Gasteiger charge is -2.21. The van der Waals surface area contributed by atoms with Crippen LogP contribution in [0.15, 0.2) is 54.6 Å². The highest BCUT2D eigenvalue weighted by atomic mass is 31.2. The molecule has 0 aromatic heterocycles. The van der Waals surface area contributed by atoms with Gasteiger partial charge in [0.1, 0.15) is 5.75 Å². The molecule has 26 heavy (non-hydrogen) atoms. The van der Waals surface area contributed by atoms with Gasteiger partial charge in [0, 0.05) is 11.8 Å². The fourth-order valence-corrected chi connectivity index (χ4v) is 2.90. The number of hydrogen-bond donors (Lipinski definition) is 4. The van der Waals surface area contributed by atoms with Crippen molar-refractivity contribution in [2.75, 3.05) is 11.9 Å². The summed E-state index contributed by atoms with van der Waals surface area (Å²) in [4.78, 5) is 19.2. The number of hydrogen-bond acceptors (Lipinski definition) is 4. The van der Waals surface area contributed by atoms with Gasteiger partial charge in [-0.05, 0) is 50.1 Å². The molecule has 0 saturated carbocycles. The number of rotatable bonds is 7. The smallest absolute Gasteiger partial charge is 0.352 e. The first-order valence-electron chi connectivity index (χ1n) is 8.51. The first-order chi connectivity index (χ1) is 12.2. The van der Waals surface area contributed by atoms with Crippen molar-refractivity contribution in [1.29, 1.82) is 0 Å². The van der Waals surface area contributed by atoms with E-state index in [1.807, 2.05) is 13.0 Å². The van der Waals surface area contributed by atoms with Gasteiger partial charge in [0.2, 0.25) is 0 Å². The van der Waals surface area contributed by atoms with Gasteiger partial charge in [-0.1, -0.05) is 37.3 Å². The SMILES string of the molecule is CC(C)O.CCCOc1ccc(C(Nc2ccccc2)P(=O)(O)O)cc1. The normalized spacial score (nSPS) is 12.1. The number of ether oxygens (including phenoxy) is 1. The van der Waals surface area contributed by atoms with Crippen LogP contribution in [0.5, 0.6) is 5.75 Å². The lowest BCUT2D eigenvalue weighted by Crippen LogP contribution is -2.11. The van der Waals surface area contributed by atoms with Crippen LogP contribution in [0.2, 0.25) is 0 Å². The second-order valence-corrected chi connectivity index (χ2v) is 7.71. The van der Waals surface area contributed by atoms with E-state index in [-0.39, 0.29) is 6.10 Å². The minimum Gasteiger partial charge on any atom is -0.494 e. The number of aliphatic hydroxyl groups excluding tert-OH is 1. The fraction of sp³-hybridized carbons (Fsp3) is 0.368. The van der Waals surface area contributed by atoms with Crippen molar-refractivity contribution in [3.05, 3.63) is 60.2 Å². The average Bonchev–Trinajstić information content (AvgIpc) is 2.58. The summed E-state index contributed by atoms with van der Waals surface area (Å²) in [6.07, 6.45) is 0.739. The third kappa shape index (κ3) is 8.50. The van der Waals surface area contributed by atoms with Crippen molar-refractivity contribution in [1.82, 2.24) is 0 Å². The van der Waals surface area contributed by atoms with Crippen LogP contribution in [0, 0.1) is 0 Å². The Morgan fingerprint density at radius 2 is 1.58 bits per heavy atom. The van der Waals surface area contributed by atoms with Crippen LogP contribution < -0.4 is 10.1 Å². The Labute approximate surface area is 155 Å². The predicted octanol–water partition coefficient (Wildman–Crippen LogP) is 4.15. The molecule has 0 aliphatic heterocycles. The van der Waals surface area contributed by atoms with Gasteiger partial charge >= 0.3 is 7.60 Å². The van der Waals surface area contributed by atoms with Crippen molar-refractivity contribution in [3.63, 3.8) is 0 Å². The molecular weight excluding hydrogens is 353 g/mol. The minimum absolute atomic E-state index is 0.167. The van der Waals surface area contributed by atoms with E-state index >= 15 is 0 Å². The maximum atomic E-state index is 11.8. The molecule has 0 amide bonds. The molecular formula is C19H28NO5P. The topological polar surface area (TPSA) is 99.0 Å². The van der Waals surface area contributed by atoms with Crippen LogP contribution in [0.25, 0.3) is 0 Å². The highest BCUT2D eigenvalue weighted by Crippen LogP contribution is 2.51. The number of aliphatic hydroxyl groups is 1. The lowest BCUT2D eigenvalue weighted by atomic mass is 10.2. The summed E-state index contributed by atoms with van der Waals surface area (Å²) >= 11 is 0. The standard InChI is InChI=1S/C16H20NO4P.C3H8O/c1-2-12-21-15-10-8-13(9-11-15)16(22(18,19)20)17-14-6-4-3-5-7-14;1-3(2)4/h3-11,16-17H,2,12H2,1H3,(H2,18,19,20);3-4H,1-2H3. The Morgan fingerprint density at radius 1 is 1.04 bits per heavy atom. The summed E-state index contributed by atoms with van der Waals surface area (Å²) in [6.45, 7) is 6.07. The van der Waals surface area contributed by atoms with E-state index in [4.69, 9.17) is 9.84 Å². The van der Waals surface area contributed by atoms with Gasteiger partial charge in [0.05, 0.1) is 6.61 Å². The molecule has 0 fully saturated rings. The Balaban J connectivity index is 0.000000765. The van der Waals surface area contributed by atoms with Crippen LogP contribution in [0.1, 0.15) is 38.5 Å². The van der Waals surface area contributed by atoms with Crippen molar-refractivity contribution in [2.45, 2.75) is 39.1 Å². The summed E-state index contributed by atoms with van der Waals surface area (Å²) < 4.78 is 17.3. The molecule has 0 heterocycles. The van der Waals surface area contributed by atoms with Crippen LogP contribution in [-0.4, -0.2) is 27.6 Å². The summed E-state index contributed by atoms with van der Waals surface area (Å²) in [7, 11) is -4.35. The molecule has 7 heteroatoms. The van der Waals surface area contributed by atoms with Gasteiger partial charge in [0.15, 0.2) is 5.78 Å². The maximum Gasteiger partial charge on any atom is 0.352 e. The van der Waals surface area contributed by atoms with Crippen molar-refractivity contribution in [2.24, 2.45) is 0 Å². The first-order valence-corrected chi connectivity index (χ1v) is 10.2. The van der Waals surface area contributed by atoms with Gasteiger partial charge in [-0.3, -0.25) is 4.57 Å². The zero-order valence-electron chi connectivity index (χ0n) is 15.4. The number of anilines is 1. The highest BCUT2D eigenvalue weighted by molar-refractivity contribution is 7.52. The Hall–Kier alpha value is -1.85. The van der Waals surface area contributed by atoms with E-state index in [9.17, 15) is 14.4 Å². The Morgan fingerprint density at radius 3 is 2.04 bits per heavy atom. The average molecular weight is 381 g/mol. The second kappa shape index (κ2) is 11.0. The molecule has 1 unspecified atom stereocenters. The largest absolute Gasteiger partial charge is 0.494 e. The molecule has 2 rings (SSSR count). The summed E-state index contributed by atoms with van der Waals surface area (Å²) in [5.74, 6) is -0.398. The van der Waals surface area contributed by atoms with Gasteiger partial charge in [-0.2, -0.15) is 0 Å². The van der Waals surface area contributed by atoms with Crippen molar-refractivity contribution < 1.29 is 24.2 Å². The predicted molar refractivity (Wildman–Crippen MR) is 104 cm³/mol. The summed E-state index contributed by atoms with van der Waals surface area (Å²) in [5, 5.41) is 10.9. The number of para-hydroxylation sites is 1. The van der Waals surface area contributed by atoms with Crippen molar-refractivity contribution >= 4 is 13.3 Å². The number of benzene rings is 2. The van der Waals surface area contributed by atoms with E-state index in [1.165, 1.54) is 0 Å². The molecule has 6 nitrogen and oxygen atoms in total. The fourth-order valence-electron chi connectivity index (χ4n) is 2.02.